The van der Waals surface area contributed by atoms with E-state index >= 15 is 0 Å². The van der Waals surface area contributed by atoms with Crippen LogP contribution in [-0.4, -0.2) is 31.9 Å². The van der Waals surface area contributed by atoms with Crippen LogP contribution in [0.3, 0.4) is 0 Å². The first-order valence-corrected chi connectivity index (χ1v) is 9.97. The highest BCUT2D eigenvalue weighted by Crippen LogP contribution is 2.28. The number of hydrogen-bond donors (Lipinski definition) is 1. The summed E-state index contributed by atoms with van der Waals surface area (Å²) in [4.78, 5) is 12.5. The van der Waals surface area contributed by atoms with E-state index in [2.05, 4.69) is 32.4 Å². The second kappa shape index (κ2) is 11.8. The third-order valence-corrected chi connectivity index (χ3v) is 4.11. The molecule has 2 rings (SSSR count). The summed E-state index contributed by atoms with van der Waals surface area (Å²) in [5.74, 6) is 3.75. The molecule has 1 amide bonds. The van der Waals surface area contributed by atoms with Crippen molar-refractivity contribution in [3.8, 4) is 29.6 Å². The summed E-state index contributed by atoms with van der Waals surface area (Å²) in [6, 6.07) is 10.4. The molecule has 0 aromatic heterocycles. The number of amides is 1. The second-order valence-corrected chi connectivity index (χ2v) is 6.73. The fourth-order valence-corrected chi connectivity index (χ4v) is 2.72. The summed E-state index contributed by atoms with van der Waals surface area (Å²) >= 11 is 3.40. The van der Waals surface area contributed by atoms with Crippen LogP contribution in [0, 0.1) is 12.3 Å². The zero-order valence-corrected chi connectivity index (χ0v) is 18.0. The van der Waals surface area contributed by atoms with Gasteiger partial charge in [0.1, 0.15) is 12.4 Å². The Bertz CT molecular complexity index is 906. The van der Waals surface area contributed by atoms with Gasteiger partial charge < -0.3 is 14.2 Å². The van der Waals surface area contributed by atoms with E-state index in [0.29, 0.717) is 41.6 Å². The summed E-state index contributed by atoms with van der Waals surface area (Å²) < 4.78 is 17.6. The highest BCUT2D eigenvalue weighted by molar-refractivity contribution is 9.10. The molecule has 0 aliphatic rings. The molecule has 0 bridgehead atoms. The number of carbonyl (C=O) groups is 1. The number of hydrazone groups is 1. The predicted molar refractivity (Wildman–Crippen MR) is 117 cm³/mol. The first kappa shape index (κ1) is 22.3. The number of nitrogens with zero attached hydrogens (tertiary/aromatic N) is 1. The number of carbonyl (C=O) groups excluding carboxylic acids is 1. The molecule has 0 spiro atoms. The molecule has 7 heteroatoms. The lowest BCUT2D eigenvalue weighted by molar-refractivity contribution is 0.0954. The van der Waals surface area contributed by atoms with Gasteiger partial charge in [-0.1, -0.05) is 28.8 Å². The van der Waals surface area contributed by atoms with Crippen molar-refractivity contribution in [2.75, 3.05) is 19.8 Å². The van der Waals surface area contributed by atoms with Crippen molar-refractivity contribution in [1.82, 2.24) is 5.43 Å². The van der Waals surface area contributed by atoms with Gasteiger partial charge in [0.25, 0.3) is 5.91 Å². The molecule has 0 fully saturated rings. The minimum atomic E-state index is -0.370. The molecule has 29 heavy (non-hydrogen) atoms. The van der Waals surface area contributed by atoms with Crippen LogP contribution < -0.4 is 19.6 Å². The van der Waals surface area contributed by atoms with Crippen molar-refractivity contribution < 1.29 is 19.0 Å². The standard InChI is InChI=1S/C22H23BrN2O4/c1-4-11-28-19-10-8-18(23)13-17(19)15-24-25-22(26)16-7-9-20(29-12-5-2)21(14-16)27-6-3/h1,7-10,13-15H,5-6,11-12H2,2-3H3,(H,25,26)/b24-15+. The van der Waals surface area contributed by atoms with Crippen molar-refractivity contribution in [1.29, 1.82) is 0 Å². The number of terminal acetylenes is 1. The minimum absolute atomic E-state index is 0.140. The molecule has 0 heterocycles. The van der Waals surface area contributed by atoms with E-state index in [0.717, 1.165) is 10.9 Å². The van der Waals surface area contributed by atoms with Gasteiger partial charge in [-0.05, 0) is 49.7 Å². The molecule has 152 valence electrons. The van der Waals surface area contributed by atoms with E-state index < -0.39 is 0 Å². The van der Waals surface area contributed by atoms with Crippen LogP contribution >= 0.6 is 15.9 Å². The molecule has 0 saturated carbocycles. The van der Waals surface area contributed by atoms with Crippen LogP contribution in [0.25, 0.3) is 0 Å². The Morgan fingerprint density at radius 1 is 1.14 bits per heavy atom. The van der Waals surface area contributed by atoms with Crippen molar-refractivity contribution in [3.63, 3.8) is 0 Å². The smallest absolute Gasteiger partial charge is 0.271 e. The highest BCUT2D eigenvalue weighted by atomic mass is 79.9. The number of halogens is 1. The lowest BCUT2D eigenvalue weighted by Gasteiger charge is -2.12. The summed E-state index contributed by atoms with van der Waals surface area (Å²) in [6.07, 6.45) is 7.61. The van der Waals surface area contributed by atoms with Gasteiger partial charge in [-0.2, -0.15) is 5.10 Å². The average molecular weight is 459 g/mol. The molecule has 2 aromatic rings. The minimum Gasteiger partial charge on any atom is -0.490 e. The monoisotopic (exact) mass is 458 g/mol. The Labute approximate surface area is 179 Å². The number of hydrogen-bond acceptors (Lipinski definition) is 5. The Morgan fingerprint density at radius 3 is 2.66 bits per heavy atom. The van der Waals surface area contributed by atoms with Crippen molar-refractivity contribution in [2.24, 2.45) is 5.10 Å². The van der Waals surface area contributed by atoms with Crippen molar-refractivity contribution in [2.45, 2.75) is 20.3 Å². The maximum Gasteiger partial charge on any atom is 0.271 e. The molecule has 0 unspecified atom stereocenters. The first-order chi connectivity index (χ1) is 14.1. The highest BCUT2D eigenvalue weighted by Gasteiger charge is 2.11. The normalized spacial score (nSPS) is 10.4. The van der Waals surface area contributed by atoms with Crippen LogP contribution in [0.5, 0.6) is 17.2 Å². The number of rotatable bonds is 10. The average Bonchev–Trinajstić information content (AvgIpc) is 2.72. The summed E-state index contributed by atoms with van der Waals surface area (Å²) in [5.41, 5.74) is 3.59. The summed E-state index contributed by atoms with van der Waals surface area (Å²) in [5, 5.41) is 4.03. The van der Waals surface area contributed by atoms with E-state index in [4.69, 9.17) is 20.6 Å². The van der Waals surface area contributed by atoms with Crippen LogP contribution in [0.4, 0.5) is 0 Å². The Kier molecular flexibility index (Phi) is 9.06. The van der Waals surface area contributed by atoms with Crippen LogP contribution in [-0.2, 0) is 0 Å². The van der Waals surface area contributed by atoms with Gasteiger partial charge >= 0.3 is 0 Å². The quantitative estimate of drug-likeness (QED) is 0.325. The predicted octanol–water partition coefficient (Wildman–Crippen LogP) is 4.41. The fourth-order valence-electron chi connectivity index (χ4n) is 2.34. The van der Waals surface area contributed by atoms with E-state index in [1.165, 1.54) is 6.21 Å². The fraction of sp³-hybridized carbons (Fsp3) is 0.273. The molecule has 0 aliphatic heterocycles. The topological polar surface area (TPSA) is 69.2 Å². The van der Waals surface area contributed by atoms with Gasteiger partial charge in [0.2, 0.25) is 0 Å². The van der Waals surface area contributed by atoms with Gasteiger partial charge in [-0.15, -0.1) is 6.42 Å². The molecule has 0 saturated heterocycles. The van der Waals surface area contributed by atoms with Crippen molar-refractivity contribution >= 4 is 28.1 Å². The summed E-state index contributed by atoms with van der Waals surface area (Å²) in [7, 11) is 0. The van der Waals surface area contributed by atoms with Gasteiger partial charge in [-0.25, -0.2) is 5.43 Å². The van der Waals surface area contributed by atoms with E-state index in [-0.39, 0.29) is 12.5 Å². The molecule has 6 nitrogen and oxygen atoms in total. The number of ether oxygens (including phenoxy) is 3. The van der Waals surface area contributed by atoms with E-state index in [9.17, 15) is 4.79 Å². The lowest BCUT2D eigenvalue weighted by Crippen LogP contribution is -2.18. The Hall–Kier alpha value is -2.98. The third kappa shape index (κ3) is 6.84. The number of nitrogens with one attached hydrogen (secondary N) is 1. The van der Waals surface area contributed by atoms with E-state index in [1.807, 2.05) is 26.0 Å². The molecule has 1 N–H and O–H groups in total. The molecule has 2 aromatic carbocycles. The Morgan fingerprint density at radius 2 is 1.93 bits per heavy atom. The molecule has 0 radical (unpaired) electrons. The Balaban J connectivity index is 2.11. The van der Waals surface area contributed by atoms with Crippen LogP contribution in [0.1, 0.15) is 36.2 Å². The van der Waals surface area contributed by atoms with Gasteiger partial charge in [0.05, 0.1) is 19.4 Å². The largest absolute Gasteiger partial charge is 0.490 e. The van der Waals surface area contributed by atoms with Crippen molar-refractivity contribution in [3.05, 3.63) is 52.0 Å². The van der Waals surface area contributed by atoms with Crippen LogP contribution in [0.2, 0.25) is 0 Å². The molecular formula is C22H23BrN2O4. The van der Waals surface area contributed by atoms with E-state index in [1.54, 1.807) is 24.3 Å². The molecular weight excluding hydrogens is 436 g/mol. The number of benzene rings is 2. The summed E-state index contributed by atoms with van der Waals surface area (Å²) in [6.45, 7) is 5.08. The zero-order chi connectivity index (χ0) is 21.1. The molecule has 0 aliphatic carbocycles. The first-order valence-electron chi connectivity index (χ1n) is 9.17. The third-order valence-electron chi connectivity index (χ3n) is 3.62. The van der Waals surface area contributed by atoms with Gasteiger partial charge in [0.15, 0.2) is 11.5 Å². The van der Waals surface area contributed by atoms with Gasteiger partial charge in [0, 0.05) is 15.6 Å². The lowest BCUT2D eigenvalue weighted by atomic mass is 10.2. The second-order valence-electron chi connectivity index (χ2n) is 5.82. The SMILES string of the molecule is C#CCOc1ccc(Br)cc1/C=N/NC(=O)c1ccc(OCCC)c(OCC)c1. The molecule has 0 atom stereocenters. The maximum absolute atomic E-state index is 12.5. The van der Waals surface area contributed by atoms with Crippen LogP contribution in [0.15, 0.2) is 46.0 Å². The maximum atomic E-state index is 12.5. The van der Waals surface area contributed by atoms with Gasteiger partial charge in [-0.3, -0.25) is 4.79 Å². The zero-order valence-electron chi connectivity index (χ0n) is 16.4.